The van der Waals surface area contributed by atoms with Crippen LogP contribution in [0.25, 0.3) is 0 Å². The molecule has 4 heteroatoms. The molecule has 0 rings (SSSR count). The standard InChI is InChI=1S/C6H13NO2S/c1-6(10(2)9)3-4-7-5-8/h5-6H,3-4H2,1-2H3,(H,7,8). The first-order valence-corrected chi connectivity index (χ1v) is 4.80. The zero-order valence-corrected chi connectivity index (χ0v) is 7.11. The van der Waals surface area contributed by atoms with Gasteiger partial charge >= 0.3 is 0 Å². The van der Waals surface area contributed by atoms with E-state index in [4.69, 9.17) is 0 Å². The van der Waals surface area contributed by atoms with Gasteiger partial charge in [0.1, 0.15) is 0 Å². The summed E-state index contributed by atoms with van der Waals surface area (Å²) in [5.74, 6) is 0. The highest BCUT2D eigenvalue weighted by Crippen LogP contribution is 1.96. The molecule has 2 unspecified atom stereocenters. The quantitative estimate of drug-likeness (QED) is 0.454. The molecule has 0 spiro atoms. The molecule has 2 atom stereocenters. The Hall–Kier alpha value is -0.380. The van der Waals surface area contributed by atoms with Crippen LogP contribution in [0.2, 0.25) is 0 Å². The lowest BCUT2D eigenvalue weighted by Crippen LogP contribution is -2.19. The van der Waals surface area contributed by atoms with Crippen molar-refractivity contribution in [1.82, 2.24) is 5.32 Å². The van der Waals surface area contributed by atoms with Crippen LogP contribution in [0, 0.1) is 0 Å². The SMILES string of the molecule is CC(CCNC=O)S(C)=O. The second kappa shape index (κ2) is 5.41. The summed E-state index contributed by atoms with van der Waals surface area (Å²) in [6.45, 7) is 2.52. The summed E-state index contributed by atoms with van der Waals surface area (Å²) in [4.78, 5) is 9.77. The van der Waals surface area contributed by atoms with Gasteiger partial charge in [0.25, 0.3) is 0 Å². The Morgan fingerprint density at radius 1 is 1.70 bits per heavy atom. The first-order valence-electron chi connectivity index (χ1n) is 3.17. The molecule has 0 aromatic carbocycles. The Morgan fingerprint density at radius 3 is 2.70 bits per heavy atom. The van der Waals surface area contributed by atoms with Gasteiger partial charge in [0, 0.05) is 28.9 Å². The summed E-state index contributed by atoms with van der Waals surface area (Å²) in [5, 5.41) is 2.69. The lowest BCUT2D eigenvalue weighted by atomic mass is 10.3. The first-order chi connectivity index (χ1) is 4.68. The van der Waals surface area contributed by atoms with Crippen molar-refractivity contribution in [2.24, 2.45) is 0 Å². The predicted molar refractivity (Wildman–Crippen MR) is 42.2 cm³/mol. The number of nitrogens with one attached hydrogen (secondary N) is 1. The number of carbonyl (C=O) groups is 1. The van der Waals surface area contributed by atoms with E-state index in [0.29, 0.717) is 13.0 Å². The first kappa shape index (κ1) is 9.62. The van der Waals surface area contributed by atoms with Crippen LogP contribution in [0.15, 0.2) is 0 Å². The Bertz CT molecular complexity index is 127. The van der Waals surface area contributed by atoms with Gasteiger partial charge in [-0.15, -0.1) is 0 Å². The minimum Gasteiger partial charge on any atom is -0.359 e. The minimum absolute atomic E-state index is 0.174. The van der Waals surface area contributed by atoms with Crippen LogP contribution < -0.4 is 5.32 Å². The molecule has 0 fully saturated rings. The van der Waals surface area contributed by atoms with Crippen LogP contribution in [0.3, 0.4) is 0 Å². The molecule has 0 saturated carbocycles. The summed E-state index contributed by atoms with van der Waals surface area (Å²) in [6, 6.07) is 0. The second-order valence-corrected chi connectivity index (χ2v) is 3.97. The number of carbonyl (C=O) groups excluding carboxylic acids is 1. The third-order valence-corrected chi connectivity index (χ3v) is 2.71. The van der Waals surface area contributed by atoms with Gasteiger partial charge in [-0.05, 0) is 6.42 Å². The number of hydrogen-bond acceptors (Lipinski definition) is 2. The third kappa shape index (κ3) is 4.49. The molecule has 60 valence electrons. The van der Waals surface area contributed by atoms with E-state index in [1.807, 2.05) is 6.92 Å². The highest BCUT2D eigenvalue weighted by Gasteiger charge is 2.03. The maximum absolute atomic E-state index is 10.7. The molecule has 0 heterocycles. The van der Waals surface area contributed by atoms with Crippen molar-refractivity contribution in [1.29, 1.82) is 0 Å². The normalized spacial score (nSPS) is 15.8. The molecule has 1 N–H and O–H groups in total. The van der Waals surface area contributed by atoms with Gasteiger partial charge in [-0.3, -0.25) is 9.00 Å². The van der Waals surface area contributed by atoms with E-state index < -0.39 is 10.8 Å². The van der Waals surface area contributed by atoms with Crippen LogP contribution in [0.5, 0.6) is 0 Å². The molecule has 0 aromatic heterocycles. The molecule has 0 saturated heterocycles. The molecule has 10 heavy (non-hydrogen) atoms. The Kier molecular flexibility index (Phi) is 5.20. The van der Waals surface area contributed by atoms with Crippen LogP contribution in [0.1, 0.15) is 13.3 Å². The zero-order chi connectivity index (χ0) is 7.98. The average molecular weight is 163 g/mol. The largest absolute Gasteiger partial charge is 0.359 e. The van der Waals surface area contributed by atoms with Gasteiger partial charge in [0.05, 0.1) is 0 Å². The van der Waals surface area contributed by atoms with E-state index >= 15 is 0 Å². The van der Waals surface area contributed by atoms with Crippen molar-refractivity contribution in [3.63, 3.8) is 0 Å². The van der Waals surface area contributed by atoms with Crippen molar-refractivity contribution < 1.29 is 9.00 Å². The summed E-state index contributed by atoms with van der Waals surface area (Å²) < 4.78 is 10.7. The van der Waals surface area contributed by atoms with E-state index in [1.54, 1.807) is 6.26 Å². The van der Waals surface area contributed by atoms with E-state index in [0.717, 1.165) is 6.42 Å². The maximum Gasteiger partial charge on any atom is 0.207 e. The highest BCUT2D eigenvalue weighted by molar-refractivity contribution is 7.84. The lowest BCUT2D eigenvalue weighted by molar-refractivity contribution is -0.109. The number of amides is 1. The fourth-order valence-electron chi connectivity index (χ4n) is 0.511. The number of rotatable bonds is 5. The molecule has 0 aliphatic carbocycles. The number of hydrogen-bond donors (Lipinski definition) is 1. The summed E-state index contributed by atoms with van der Waals surface area (Å²) >= 11 is 0. The maximum atomic E-state index is 10.7. The van der Waals surface area contributed by atoms with E-state index in [9.17, 15) is 9.00 Å². The van der Waals surface area contributed by atoms with Crippen LogP contribution in [-0.2, 0) is 15.6 Å². The van der Waals surface area contributed by atoms with E-state index in [1.165, 1.54) is 0 Å². The lowest BCUT2D eigenvalue weighted by Gasteiger charge is -2.05. The third-order valence-electron chi connectivity index (χ3n) is 1.35. The monoisotopic (exact) mass is 163 g/mol. The van der Waals surface area contributed by atoms with Gasteiger partial charge in [-0.1, -0.05) is 6.92 Å². The molecule has 0 aliphatic heterocycles. The smallest absolute Gasteiger partial charge is 0.207 e. The molecule has 3 nitrogen and oxygen atoms in total. The van der Waals surface area contributed by atoms with Gasteiger partial charge in [0.15, 0.2) is 0 Å². The van der Waals surface area contributed by atoms with Crippen molar-refractivity contribution in [3.05, 3.63) is 0 Å². The van der Waals surface area contributed by atoms with E-state index in [-0.39, 0.29) is 5.25 Å². The topological polar surface area (TPSA) is 46.2 Å². The van der Waals surface area contributed by atoms with Gasteiger partial charge < -0.3 is 5.32 Å². The van der Waals surface area contributed by atoms with Crippen molar-refractivity contribution in [3.8, 4) is 0 Å². The van der Waals surface area contributed by atoms with Crippen LogP contribution in [0.4, 0.5) is 0 Å². The second-order valence-electron chi connectivity index (χ2n) is 2.17. The fourth-order valence-corrected chi connectivity index (χ4v) is 0.961. The molecule has 0 aromatic rings. The Morgan fingerprint density at radius 2 is 2.30 bits per heavy atom. The van der Waals surface area contributed by atoms with E-state index in [2.05, 4.69) is 5.32 Å². The molecular formula is C6H13NO2S. The Labute approximate surface area is 63.6 Å². The van der Waals surface area contributed by atoms with Crippen LogP contribution >= 0.6 is 0 Å². The van der Waals surface area contributed by atoms with Gasteiger partial charge in [0.2, 0.25) is 6.41 Å². The average Bonchev–Trinajstić information content (AvgIpc) is 1.88. The minimum atomic E-state index is -0.770. The molecule has 0 aliphatic rings. The van der Waals surface area contributed by atoms with Crippen molar-refractivity contribution in [2.75, 3.05) is 12.8 Å². The fraction of sp³-hybridized carbons (Fsp3) is 0.833. The summed E-state index contributed by atoms with van der Waals surface area (Å²) in [7, 11) is -0.770. The highest BCUT2D eigenvalue weighted by atomic mass is 32.2. The van der Waals surface area contributed by atoms with Gasteiger partial charge in [-0.25, -0.2) is 0 Å². The Balaban J connectivity index is 3.30. The van der Waals surface area contributed by atoms with Crippen LogP contribution in [-0.4, -0.2) is 28.7 Å². The molecular weight excluding hydrogens is 150 g/mol. The summed E-state index contributed by atoms with van der Waals surface area (Å²) in [5.41, 5.74) is 0. The van der Waals surface area contributed by atoms with Crippen molar-refractivity contribution in [2.45, 2.75) is 18.6 Å². The van der Waals surface area contributed by atoms with Gasteiger partial charge in [-0.2, -0.15) is 0 Å². The molecule has 0 bridgehead atoms. The zero-order valence-electron chi connectivity index (χ0n) is 6.29. The molecule has 0 radical (unpaired) electrons. The predicted octanol–water partition coefficient (Wildman–Crippen LogP) is -0.111. The molecule has 1 amide bonds. The summed E-state index contributed by atoms with van der Waals surface area (Å²) in [6.07, 6.45) is 3.11. The van der Waals surface area contributed by atoms with Crippen molar-refractivity contribution >= 4 is 17.2 Å².